The molecule has 3 aromatic rings. The van der Waals surface area contributed by atoms with Crippen LogP contribution in [-0.4, -0.2) is 149 Å². The van der Waals surface area contributed by atoms with Crippen LogP contribution in [0, 0.1) is 0 Å². The first kappa shape index (κ1) is 40.3. The zero-order chi connectivity index (χ0) is 40.4. The molecule has 3 heterocycles. The summed E-state index contributed by atoms with van der Waals surface area (Å²) < 4.78 is 37.6. The SMILES string of the molecule is COc1cc(C2[OH+]c3cc(O)cc(O)c3C=C2O[C@@H]2O[C@H](COC(=O)/C=C/c3ccc(O)c(O[C@@H]4O[C@H](CO)[C@@H](O)[C@H](O)[C@H]4O)c3)[C@@H](O)[C@H](O)[C@@H]2O)ccc1O. The van der Waals surface area contributed by atoms with Crippen LogP contribution in [-0.2, 0) is 23.7 Å². The molecule has 0 aliphatic carbocycles. The number of ether oxygens (including phenoxy) is 7. The van der Waals surface area contributed by atoms with Gasteiger partial charge in [-0.25, -0.2) is 4.79 Å². The number of carbonyl (C=O) groups is 1. The normalized spacial score (nSPS) is 30.1. The summed E-state index contributed by atoms with van der Waals surface area (Å²) in [7, 11) is 1.34. The zero-order valence-corrected chi connectivity index (χ0v) is 29.3. The van der Waals surface area contributed by atoms with Gasteiger partial charge in [-0.1, -0.05) is 6.07 Å². The fourth-order valence-corrected chi connectivity index (χ4v) is 6.17. The number of esters is 1. The standard InChI is InChI=1S/C37H40O19/c1-50-23-9-16(4-6-19(23)40)35-25(12-18-21(42)10-17(39)11-22(18)52-35)54-37-34(49)32(47)30(45)27(56-37)14-51-28(43)7-3-15-2-5-20(41)24(8-15)53-36-33(48)31(46)29(44)26(13-38)55-36/h2-12,26-27,29-42,44-49H,13-14H2,1H3/p+1/b7-3+/t26-,27-,29-,30-,31+,32+,33-,34+,35?,36-,37-/m1/s1. The maximum Gasteiger partial charge on any atom is 0.330 e. The van der Waals surface area contributed by atoms with Gasteiger partial charge in [0, 0.05) is 18.2 Å². The second-order valence-corrected chi connectivity index (χ2v) is 13.0. The van der Waals surface area contributed by atoms with Gasteiger partial charge in [-0.05, 0) is 42.0 Å². The molecule has 11 atom stereocenters. The Hall–Kier alpha value is -5.35. The smallest absolute Gasteiger partial charge is 0.330 e. The zero-order valence-electron chi connectivity index (χ0n) is 29.3. The van der Waals surface area contributed by atoms with Gasteiger partial charge < -0.3 is 89.3 Å². The fraction of sp³-hybridized carbons (Fsp3) is 0.378. The Bertz CT molecular complexity index is 1950. The molecule has 56 heavy (non-hydrogen) atoms. The topological polar surface area (TPSA) is 308 Å². The van der Waals surface area contributed by atoms with Crippen LogP contribution >= 0.6 is 0 Å². The maximum absolute atomic E-state index is 12.7. The lowest BCUT2D eigenvalue weighted by Crippen LogP contribution is -2.60. The van der Waals surface area contributed by atoms with Crippen molar-refractivity contribution in [3.8, 4) is 40.2 Å². The molecular weight excluding hydrogens is 748 g/mol. The number of methoxy groups -OCH3 is 1. The predicted octanol–water partition coefficient (Wildman–Crippen LogP) is -0.886. The first-order chi connectivity index (χ1) is 26.7. The van der Waals surface area contributed by atoms with Gasteiger partial charge in [0.15, 0.2) is 28.8 Å². The number of phenols is 4. The van der Waals surface area contributed by atoms with Gasteiger partial charge >= 0.3 is 5.97 Å². The highest BCUT2D eigenvalue weighted by Gasteiger charge is 2.48. The molecule has 6 rings (SSSR count). The van der Waals surface area contributed by atoms with E-state index in [1.807, 2.05) is 0 Å². The largest absolute Gasteiger partial charge is 0.571 e. The summed E-state index contributed by atoms with van der Waals surface area (Å²) in [5.74, 6) is -2.15. The maximum atomic E-state index is 12.7. The van der Waals surface area contributed by atoms with E-state index in [-0.39, 0.29) is 51.4 Å². The Morgan fingerprint density at radius 1 is 0.750 bits per heavy atom. The van der Waals surface area contributed by atoms with Crippen LogP contribution in [0.2, 0.25) is 0 Å². The van der Waals surface area contributed by atoms with Crippen LogP contribution in [0.15, 0.2) is 60.4 Å². The van der Waals surface area contributed by atoms with E-state index >= 15 is 0 Å². The average Bonchev–Trinajstić information content (AvgIpc) is 3.18. The number of aliphatic hydroxyl groups is 8. The van der Waals surface area contributed by atoms with Gasteiger partial charge in [-0.15, -0.1) is 0 Å². The third-order valence-corrected chi connectivity index (χ3v) is 9.26. The fourth-order valence-electron chi connectivity index (χ4n) is 6.17. The molecule has 2 fully saturated rings. The third kappa shape index (κ3) is 8.40. The van der Waals surface area contributed by atoms with Crippen LogP contribution in [0.5, 0.6) is 40.2 Å². The predicted molar refractivity (Wildman–Crippen MR) is 187 cm³/mol. The minimum absolute atomic E-state index is 0.0265. The highest BCUT2D eigenvalue weighted by Crippen LogP contribution is 2.46. The number of rotatable bonds is 11. The second kappa shape index (κ2) is 16.8. The monoisotopic (exact) mass is 789 g/mol. The Morgan fingerprint density at radius 3 is 2.09 bits per heavy atom. The molecule has 0 aromatic heterocycles. The molecule has 0 amide bonds. The van der Waals surface area contributed by atoms with E-state index in [1.165, 1.54) is 61.7 Å². The summed E-state index contributed by atoms with van der Waals surface area (Å²) in [6.45, 7) is -1.34. The summed E-state index contributed by atoms with van der Waals surface area (Å²) in [5, 5.41) is 113. The van der Waals surface area contributed by atoms with E-state index in [4.69, 9.17) is 28.4 Å². The van der Waals surface area contributed by atoms with Crippen molar-refractivity contribution in [3.63, 3.8) is 0 Å². The quantitative estimate of drug-likeness (QED) is 0.0638. The van der Waals surface area contributed by atoms with Crippen molar-refractivity contribution >= 4 is 18.1 Å². The summed E-state index contributed by atoms with van der Waals surface area (Å²) in [6.07, 6.45) is -13.9. The summed E-state index contributed by atoms with van der Waals surface area (Å²) in [5.41, 5.74) is 0.822. The Kier molecular flexibility index (Phi) is 12.1. The van der Waals surface area contributed by atoms with Crippen molar-refractivity contribution in [3.05, 3.63) is 77.1 Å². The van der Waals surface area contributed by atoms with Crippen molar-refractivity contribution in [2.45, 2.75) is 67.5 Å². The van der Waals surface area contributed by atoms with E-state index in [0.717, 1.165) is 12.1 Å². The van der Waals surface area contributed by atoms with E-state index < -0.39 is 92.4 Å². The molecule has 0 radical (unpaired) electrons. The molecule has 2 saturated heterocycles. The van der Waals surface area contributed by atoms with E-state index in [0.29, 0.717) is 5.56 Å². The number of hydrogen-bond donors (Lipinski definition) is 11. The number of benzene rings is 3. The molecule has 12 N–H and O–H groups in total. The number of aromatic hydroxyl groups is 5. The second-order valence-electron chi connectivity index (χ2n) is 13.0. The van der Waals surface area contributed by atoms with Crippen LogP contribution in [0.1, 0.15) is 22.8 Å². The Balaban J connectivity index is 1.14. The van der Waals surface area contributed by atoms with Crippen LogP contribution in [0.3, 0.4) is 0 Å². The molecule has 1 unspecified atom stereocenters. The lowest BCUT2D eigenvalue weighted by Gasteiger charge is -2.40. The van der Waals surface area contributed by atoms with Crippen molar-refractivity contribution in [1.29, 1.82) is 0 Å². The van der Waals surface area contributed by atoms with Gasteiger partial charge in [-0.2, -0.15) is 0 Å². The number of phenolic OH excluding ortho intramolecular Hbond substituents is 4. The van der Waals surface area contributed by atoms with Crippen molar-refractivity contribution in [2.75, 3.05) is 20.3 Å². The molecule has 19 heteroatoms. The van der Waals surface area contributed by atoms with E-state index in [2.05, 4.69) is 4.74 Å². The van der Waals surface area contributed by atoms with Gasteiger partial charge in [0.2, 0.25) is 12.6 Å². The van der Waals surface area contributed by atoms with Gasteiger partial charge in [-0.3, -0.25) is 0 Å². The minimum Gasteiger partial charge on any atom is -0.571 e. The highest BCUT2D eigenvalue weighted by molar-refractivity contribution is 5.87. The summed E-state index contributed by atoms with van der Waals surface area (Å²) >= 11 is 0. The molecule has 302 valence electrons. The molecule has 19 nitrogen and oxygen atoms in total. The minimum atomic E-state index is -1.85. The molecule has 3 aromatic carbocycles. The number of carbonyl (C=O) groups excluding carboxylic acids is 1. The van der Waals surface area contributed by atoms with Crippen molar-refractivity contribution in [1.82, 2.24) is 0 Å². The first-order valence-corrected chi connectivity index (χ1v) is 17.1. The summed E-state index contributed by atoms with van der Waals surface area (Å²) in [6, 6.07) is 10.5. The van der Waals surface area contributed by atoms with E-state index in [9.17, 15) is 61.0 Å². The molecule has 0 bridgehead atoms. The average molecular weight is 790 g/mol. The molecule has 0 saturated carbocycles. The first-order valence-electron chi connectivity index (χ1n) is 17.1. The van der Waals surface area contributed by atoms with Gasteiger partial charge in [0.25, 0.3) is 11.9 Å². The number of fused-ring (bicyclic) bond motifs is 1. The Morgan fingerprint density at radius 2 is 1.39 bits per heavy atom. The van der Waals surface area contributed by atoms with E-state index in [1.54, 1.807) is 0 Å². The van der Waals surface area contributed by atoms with Gasteiger partial charge in [0.05, 0.1) is 25.3 Å². The van der Waals surface area contributed by atoms with Crippen molar-refractivity contribution in [2.24, 2.45) is 0 Å². The lowest BCUT2D eigenvalue weighted by atomic mass is 9.98. The molecule has 3 aliphatic rings. The van der Waals surface area contributed by atoms with Crippen LogP contribution in [0.4, 0.5) is 0 Å². The summed E-state index contributed by atoms with van der Waals surface area (Å²) in [4.78, 5) is 12.7. The Labute approximate surface area is 317 Å². The third-order valence-electron chi connectivity index (χ3n) is 9.26. The molecule has 0 spiro atoms. The highest BCUT2D eigenvalue weighted by atomic mass is 16.7. The van der Waals surface area contributed by atoms with Crippen LogP contribution < -0.4 is 9.47 Å². The van der Waals surface area contributed by atoms with Crippen LogP contribution in [0.25, 0.3) is 12.2 Å². The number of hydrogen-bond acceptors (Lipinski definition) is 18. The molecule has 3 aliphatic heterocycles. The number of aliphatic hydroxyl groups excluding tert-OH is 7. The van der Waals surface area contributed by atoms with Gasteiger partial charge in [0.1, 0.15) is 72.5 Å². The van der Waals surface area contributed by atoms with Crippen molar-refractivity contribution < 1.29 is 94.1 Å². The lowest BCUT2D eigenvalue weighted by molar-refractivity contribution is -0.296. The molecular formula is C37H41O19+.